The Morgan fingerprint density at radius 3 is 2.15 bits per heavy atom. The molecule has 0 radical (unpaired) electrons. The highest BCUT2D eigenvalue weighted by Gasteiger charge is 2.42. The Morgan fingerprint density at radius 1 is 0.923 bits per heavy atom. The number of unbranched alkanes of at least 4 members (excludes halogenated alkanes) is 5. The van der Waals surface area contributed by atoms with E-state index >= 15 is 0 Å². The molecular weight excluding hydrogens is 539 g/mol. The molecule has 0 amide bonds. The van der Waals surface area contributed by atoms with Crippen LogP contribution in [0.3, 0.4) is 0 Å². The van der Waals surface area contributed by atoms with E-state index in [9.17, 15) is 4.79 Å². The lowest BCUT2D eigenvalue weighted by Gasteiger charge is -2.29. The van der Waals surface area contributed by atoms with Gasteiger partial charge in [0.15, 0.2) is 16.6 Å². The number of rotatable bonds is 19. The van der Waals surface area contributed by atoms with E-state index < -0.39 is 25.0 Å². The van der Waals surface area contributed by atoms with Gasteiger partial charge in [-0.2, -0.15) is 0 Å². The van der Waals surface area contributed by atoms with E-state index in [-0.39, 0.29) is 24.1 Å². The number of nitrogens with zero attached hydrogens (tertiary/aromatic N) is 1. The van der Waals surface area contributed by atoms with Crippen LogP contribution < -0.4 is 0 Å². The van der Waals surface area contributed by atoms with Crippen molar-refractivity contribution in [3.8, 4) is 0 Å². The van der Waals surface area contributed by atoms with E-state index in [1.807, 2.05) is 0 Å². The zero-order valence-corrected chi connectivity index (χ0v) is 30.2. The third kappa shape index (κ3) is 17.0. The average molecular weight is 600 g/mol. The molecule has 0 bridgehead atoms. The lowest BCUT2D eigenvalue weighted by Crippen LogP contribution is -2.35. The molecule has 39 heavy (non-hydrogen) atoms. The van der Waals surface area contributed by atoms with Crippen molar-refractivity contribution in [2.75, 3.05) is 7.11 Å². The van der Waals surface area contributed by atoms with Crippen molar-refractivity contribution in [2.45, 2.75) is 149 Å². The van der Waals surface area contributed by atoms with Crippen molar-refractivity contribution in [2.24, 2.45) is 17.0 Å². The zero-order chi connectivity index (χ0) is 29.7. The van der Waals surface area contributed by atoms with Gasteiger partial charge in [0.2, 0.25) is 8.32 Å². The largest absolute Gasteiger partial charge is 0.520 e. The molecule has 1 aliphatic carbocycles. The Bertz CT molecular complexity index is 768. The molecule has 0 N–H and O–H groups in total. The third-order valence-corrected chi connectivity index (χ3v) is 9.52. The van der Waals surface area contributed by atoms with Gasteiger partial charge in [-0.05, 0) is 78.2 Å². The minimum atomic E-state index is -1.80. The number of carbonyl (C=O) groups excluding carboxylic acids is 1. The predicted molar refractivity (Wildman–Crippen MR) is 173 cm³/mol. The fraction of sp³-hybridized carbons (Fsp3) is 0.867. The summed E-state index contributed by atoms with van der Waals surface area (Å²) in [5.74, 6) is 0.545. The van der Waals surface area contributed by atoms with Crippen LogP contribution in [0.2, 0.25) is 58.9 Å². The topological polar surface area (TPSA) is 66.4 Å². The maximum Gasteiger partial charge on any atom is 0.292 e. The Balaban J connectivity index is 2.95. The Hall–Kier alpha value is -0.749. The summed E-state index contributed by atoms with van der Waals surface area (Å²) in [6.45, 7) is 22.0. The smallest absolute Gasteiger partial charge is 0.292 e. The molecular formula is C30H61NO5Si3. The van der Waals surface area contributed by atoms with Gasteiger partial charge in [-0.3, -0.25) is 4.79 Å². The van der Waals surface area contributed by atoms with Crippen LogP contribution in [0.1, 0.15) is 77.6 Å². The predicted octanol–water partition coefficient (Wildman–Crippen LogP) is 8.92. The van der Waals surface area contributed by atoms with E-state index in [2.05, 4.69) is 83.2 Å². The minimum absolute atomic E-state index is 0.0370. The average Bonchev–Trinajstić information content (AvgIpc) is 3.06. The van der Waals surface area contributed by atoms with Crippen LogP contribution in [-0.4, -0.2) is 56.0 Å². The summed E-state index contributed by atoms with van der Waals surface area (Å²) >= 11 is 0. The molecule has 1 aliphatic rings. The van der Waals surface area contributed by atoms with Gasteiger partial charge in [0.25, 0.3) is 5.97 Å². The SMILES string of the molecule is CCCCCC(C=CC1C(O[Si](C)(C)C)CC(=NOC)C1CCCCCCC(=O)O[Si](C)(C)C)O[Si](C)(C)C. The summed E-state index contributed by atoms with van der Waals surface area (Å²) in [5.41, 5.74) is 1.13. The first-order valence-corrected chi connectivity index (χ1v) is 25.6. The number of hydrogen-bond acceptors (Lipinski definition) is 6. The molecule has 228 valence electrons. The van der Waals surface area contributed by atoms with Crippen molar-refractivity contribution in [3.05, 3.63) is 12.2 Å². The Kier molecular flexibility index (Phi) is 16.1. The first-order chi connectivity index (χ1) is 18.0. The normalized spacial score (nSPS) is 22.5. The standard InChI is InChI=1S/C30H61NO5Si3/c1-12-13-16-19-25(34-37(3,4)5)22-23-27-26(28(31-33-2)24-29(27)35-38(6,7)8)20-17-14-15-18-21-30(32)36-39(9,10)11/h22-23,25-27,29H,12-21,24H2,1-11H3. The Morgan fingerprint density at radius 2 is 1.59 bits per heavy atom. The second kappa shape index (κ2) is 17.3. The van der Waals surface area contributed by atoms with E-state index in [1.165, 1.54) is 19.3 Å². The van der Waals surface area contributed by atoms with Gasteiger partial charge in [0, 0.05) is 24.7 Å². The molecule has 4 atom stereocenters. The quantitative estimate of drug-likeness (QED) is 0.0642. The monoisotopic (exact) mass is 599 g/mol. The van der Waals surface area contributed by atoms with Gasteiger partial charge in [-0.25, -0.2) is 0 Å². The van der Waals surface area contributed by atoms with E-state index in [1.54, 1.807) is 7.11 Å². The Labute approximate surface area is 244 Å². The van der Waals surface area contributed by atoms with Crippen molar-refractivity contribution < 1.29 is 22.9 Å². The summed E-state index contributed by atoms with van der Waals surface area (Å²) in [4.78, 5) is 17.4. The minimum Gasteiger partial charge on any atom is -0.520 e. The van der Waals surface area contributed by atoms with Crippen molar-refractivity contribution >= 4 is 36.6 Å². The van der Waals surface area contributed by atoms with Crippen LogP contribution >= 0.6 is 0 Å². The maximum absolute atomic E-state index is 12.1. The molecule has 0 spiro atoms. The van der Waals surface area contributed by atoms with E-state index in [4.69, 9.17) is 18.1 Å². The van der Waals surface area contributed by atoms with Crippen molar-refractivity contribution in [1.82, 2.24) is 0 Å². The molecule has 0 heterocycles. The summed E-state index contributed by atoms with van der Waals surface area (Å²) in [5, 5.41) is 4.49. The van der Waals surface area contributed by atoms with Gasteiger partial charge >= 0.3 is 0 Å². The first-order valence-electron chi connectivity index (χ1n) is 15.4. The molecule has 0 saturated heterocycles. The third-order valence-electron chi connectivity index (χ3n) is 6.66. The number of oxime groups is 1. The highest BCUT2D eigenvalue weighted by atomic mass is 28.4. The molecule has 1 saturated carbocycles. The molecule has 6 nitrogen and oxygen atoms in total. The highest BCUT2D eigenvalue weighted by Crippen LogP contribution is 2.39. The number of carbonyl (C=O) groups is 1. The fourth-order valence-electron chi connectivity index (χ4n) is 5.26. The van der Waals surface area contributed by atoms with Crippen molar-refractivity contribution in [3.63, 3.8) is 0 Å². The van der Waals surface area contributed by atoms with Gasteiger partial charge in [0.1, 0.15) is 7.11 Å². The summed E-state index contributed by atoms with van der Waals surface area (Å²) in [6.07, 6.45) is 16.3. The van der Waals surface area contributed by atoms with Crippen LogP contribution in [0, 0.1) is 11.8 Å². The molecule has 1 rings (SSSR count). The second-order valence-electron chi connectivity index (χ2n) is 14.1. The summed E-state index contributed by atoms with van der Waals surface area (Å²) in [7, 11) is -3.55. The molecule has 0 aliphatic heterocycles. The zero-order valence-electron chi connectivity index (χ0n) is 27.2. The van der Waals surface area contributed by atoms with E-state index in [0.717, 1.165) is 50.7 Å². The van der Waals surface area contributed by atoms with Gasteiger partial charge in [0.05, 0.1) is 17.9 Å². The first kappa shape index (κ1) is 36.3. The molecule has 4 unspecified atom stereocenters. The highest BCUT2D eigenvalue weighted by molar-refractivity contribution is 6.71. The van der Waals surface area contributed by atoms with Crippen LogP contribution in [-0.2, 0) is 22.9 Å². The fourth-order valence-corrected chi connectivity index (χ4v) is 8.30. The van der Waals surface area contributed by atoms with Gasteiger partial charge in [-0.1, -0.05) is 62.8 Å². The molecule has 0 aromatic carbocycles. The number of hydrogen-bond donors (Lipinski definition) is 0. The lowest BCUT2D eigenvalue weighted by molar-refractivity contribution is -0.135. The molecule has 0 aromatic heterocycles. The van der Waals surface area contributed by atoms with E-state index in [0.29, 0.717) is 12.3 Å². The summed E-state index contributed by atoms with van der Waals surface area (Å²) < 4.78 is 18.9. The van der Waals surface area contributed by atoms with Crippen molar-refractivity contribution in [1.29, 1.82) is 0 Å². The molecule has 9 heteroatoms. The molecule has 1 fully saturated rings. The van der Waals surface area contributed by atoms with Crippen LogP contribution in [0.4, 0.5) is 0 Å². The van der Waals surface area contributed by atoms with Gasteiger partial charge < -0.3 is 18.1 Å². The lowest BCUT2D eigenvalue weighted by atomic mass is 9.88. The molecule has 0 aromatic rings. The summed E-state index contributed by atoms with van der Waals surface area (Å²) in [6, 6.07) is 0. The van der Waals surface area contributed by atoms with Crippen LogP contribution in [0.5, 0.6) is 0 Å². The second-order valence-corrected chi connectivity index (χ2v) is 27.5. The maximum atomic E-state index is 12.1. The van der Waals surface area contributed by atoms with Crippen LogP contribution in [0.15, 0.2) is 17.3 Å². The van der Waals surface area contributed by atoms with Crippen LogP contribution in [0.25, 0.3) is 0 Å². The van der Waals surface area contributed by atoms with Gasteiger partial charge in [-0.15, -0.1) is 0 Å².